The van der Waals surface area contributed by atoms with Crippen molar-refractivity contribution in [1.82, 2.24) is 14.5 Å². The van der Waals surface area contributed by atoms with Crippen LogP contribution in [-0.4, -0.2) is 26.7 Å². The van der Waals surface area contributed by atoms with Crippen molar-refractivity contribution in [2.45, 2.75) is 32.9 Å². The number of rotatable bonds is 5. The Morgan fingerprint density at radius 2 is 2.15 bits per heavy atom. The van der Waals surface area contributed by atoms with Gasteiger partial charge in [0.2, 0.25) is 5.88 Å². The number of hydrogen-bond acceptors (Lipinski definition) is 5. The number of ether oxygens (including phenoxy) is 1. The van der Waals surface area contributed by atoms with Crippen molar-refractivity contribution in [2.75, 3.05) is 17.6 Å². The summed E-state index contributed by atoms with van der Waals surface area (Å²) >= 11 is 0. The third-order valence-electron chi connectivity index (χ3n) is 2.53. The maximum absolute atomic E-state index is 5.87. The summed E-state index contributed by atoms with van der Waals surface area (Å²) in [4.78, 5) is 8.39. The fourth-order valence-corrected chi connectivity index (χ4v) is 1.65. The van der Waals surface area contributed by atoms with E-state index in [1.165, 1.54) is 0 Å². The van der Waals surface area contributed by atoms with Crippen LogP contribution in [0, 0.1) is 0 Å². The molecule has 0 aliphatic carbocycles. The Hall–Kier alpha value is -2.24. The van der Waals surface area contributed by atoms with E-state index in [1.807, 2.05) is 37.6 Å². The first kappa shape index (κ1) is 14.2. The highest BCUT2D eigenvalue weighted by Gasteiger charge is 2.15. The minimum absolute atomic E-state index is 0.323. The summed E-state index contributed by atoms with van der Waals surface area (Å²) in [6.45, 7) is 7.47. The molecule has 108 valence electrons. The summed E-state index contributed by atoms with van der Waals surface area (Å²) in [6, 6.07) is 3.65. The van der Waals surface area contributed by atoms with Crippen molar-refractivity contribution in [2.24, 2.45) is 0 Å². The molecule has 0 unspecified atom stereocenters. The molecule has 6 nitrogen and oxygen atoms in total. The Balaban J connectivity index is 1.96. The molecule has 0 aliphatic rings. The smallest absolute Gasteiger partial charge is 0.239 e. The van der Waals surface area contributed by atoms with Gasteiger partial charge in [-0.3, -0.25) is 0 Å². The maximum Gasteiger partial charge on any atom is 0.239 e. The molecule has 0 amide bonds. The predicted molar refractivity (Wildman–Crippen MR) is 79.7 cm³/mol. The van der Waals surface area contributed by atoms with Gasteiger partial charge in [0.1, 0.15) is 11.4 Å². The monoisotopic (exact) mass is 275 g/mol. The van der Waals surface area contributed by atoms with E-state index in [1.54, 1.807) is 18.6 Å². The lowest BCUT2D eigenvalue weighted by molar-refractivity contribution is 0.125. The van der Waals surface area contributed by atoms with E-state index >= 15 is 0 Å². The number of nitrogens with zero attached hydrogens (tertiary/aromatic N) is 3. The minimum Gasteiger partial charge on any atom is -0.470 e. The average molecular weight is 275 g/mol. The summed E-state index contributed by atoms with van der Waals surface area (Å²) < 4.78 is 7.73. The number of aromatic nitrogens is 3. The number of nitrogen functional groups attached to an aromatic ring is 1. The Bertz CT molecular complexity index is 545. The van der Waals surface area contributed by atoms with Crippen molar-refractivity contribution < 1.29 is 4.74 Å². The molecule has 0 atom stereocenters. The van der Waals surface area contributed by atoms with Gasteiger partial charge in [0, 0.05) is 25.5 Å². The van der Waals surface area contributed by atoms with Crippen molar-refractivity contribution in [3.8, 4) is 5.88 Å². The number of nitrogens with one attached hydrogen (secondary N) is 1. The number of imidazole rings is 1. The SMILES string of the molecule is CC(C)(C)Oc1nc(NCCn2ccnc2)ccc1N. The lowest BCUT2D eigenvalue weighted by atomic mass is 10.2. The Labute approximate surface area is 119 Å². The second-order valence-corrected chi connectivity index (χ2v) is 5.53. The van der Waals surface area contributed by atoms with Crippen LogP contribution in [0.15, 0.2) is 30.9 Å². The lowest BCUT2D eigenvalue weighted by Gasteiger charge is -2.21. The number of hydrogen-bond donors (Lipinski definition) is 2. The fourth-order valence-electron chi connectivity index (χ4n) is 1.65. The molecule has 0 saturated heterocycles. The van der Waals surface area contributed by atoms with Crippen LogP contribution in [0.2, 0.25) is 0 Å². The van der Waals surface area contributed by atoms with Crippen LogP contribution in [-0.2, 0) is 6.54 Å². The Morgan fingerprint density at radius 3 is 2.80 bits per heavy atom. The van der Waals surface area contributed by atoms with Crippen molar-refractivity contribution in [3.63, 3.8) is 0 Å². The van der Waals surface area contributed by atoms with Crippen LogP contribution >= 0.6 is 0 Å². The molecule has 2 rings (SSSR count). The summed E-state index contributed by atoms with van der Waals surface area (Å²) in [6.07, 6.45) is 5.47. The molecular formula is C14H21N5O. The first-order chi connectivity index (χ1) is 9.44. The van der Waals surface area contributed by atoms with Gasteiger partial charge in [-0.15, -0.1) is 0 Å². The predicted octanol–water partition coefficient (Wildman–Crippen LogP) is 2.15. The van der Waals surface area contributed by atoms with Crippen molar-refractivity contribution in [1.29, 1.82) is 0 Å². The highest BCUT2D eigenvalue weighted by Crippen LogP contribution is 2.24. The van der Waals surface area contributed by atoms with Gasteiger partial charge in [0.15, 0.2) is 0 Å². The van der Waals surface area contributed by atoms with Gasteiger partial charge in [-0.05, 0) is 32.9 Å². The topological polar surface area (TPSA) is 78.0 Å². The first-order valence-electron chi connectivity index (χ1n) is 6.59. The molecule has 2 aromatic heterocycles. The highest BCUT2D eigenvalue weighted by molar-refractivity contribution is 5.53. The number of pyridine rings is 1. The average Bonchev–Trinajstić information content (AvgIpc) is 2.84. The standard InChI is InChI=1S/C14H21N5O/c1-14(2,3)20-13-11(15)4-5-12(18-13)17-7-9-19-8-6-16-10-19/h4-6,8,10H,7,9,15H2,1-3H3,(H,17,18). The van der Waals surface area contributed by atoms with Gasteiger partial charge in [-0.25, -0.2) is 4.98 Å². The van der Waals surface area contributed by atoms with E-state index in [0.29, 0.717) is 11.6 Å². The van der Waals surface area contributed by atoms with Crippen LogP contribution in [0.3, 0.4) is 0 Å². The van der Waals surface area contributed by atoms with Crippen LogP contribution in [0.25, 0.3) is 0 Å². The second kappa shape index (κ2) is 5.81. The van der Waals surface area contributed by atoms with Crippen LogP contribution < -0.4 is 15.8 Å². The zero-order valence-corrected chi connectivity index (χ0v) is 12.1. The number of anilines is 2. The van der Waals surface area contributed by atoms with Gasteiger partial charge in [0.05, 0.1) is 12.0 Å². The summed E-state index contributed by atoms with van der Waals surface area (Å²) in [5, 5.41) is 3.24. The van der Waals surface area contributed by atoms with Gasteiger partial charge in [-0.2, -0.15) is 4.98 Å². The quantitative estimate of drug-likeness (QED) is 0.874. The second-order valence-electron chi connectivity index (χ2n) is 5.53. The molecule has 20 heavy (non-hydrogen) atoms. The zero-order valence-electron chi connectivity index (χ0n) is 12.1. The Kier molecular flexibility index (Phi) is 4.12. The summed E-state index contributed by atoms with van der Waals surface area (Å²) in [5.41, 5.74) is 6.09. The van der Waals surface area contributed by atoms with E-state index < -0.39 is 0 Å². The molecule has 3 N–H and O–H groups in total. The zero-order chi connectivity index (χ0) is 14.6. The third-order valence-corrected chi connectivity index (χ3v) is 2.53. The van der Waals surface area contributed by atoms with E-state index in [9.17, 15) is 0 Å². The first-order valence-corrected chi connectivity index (χ1v) is 6.59. The molecular weight excluding hydrogens is 254 g/mol. The molecule has 0 bridgehead atoms. The maximum atomic E-state index is 5.87. The Morgan fingerprint density at radius 1 is 1.35 bits per heavy atom. The molecule has 6 heteroatoms. The van der Waals surface area contributed by atoms with Gasteiger partial charge in [-0.1, -0.05) is 0 Å². The minimum atomic E-state index is -0.323. The third kappa shape index (κ3) is 4.15. The van der Waals surface area contributed by atoms with E-state index in [0.717, 1.165) is 18.9 Å². The molecule has 0 spiro atoms. The largest absolute Gasteiger partial charge is 0.470 e. The summed E-state index contributed by atoms with van der Waals surface area (Å²) in [5.74, 6) is 1.21. The molecule has 0 fully saturated rings. The molecule has 0 radical (unpaired) electrons. The van der Waals surface area contributed by atoms with Crippen molar-refractivity contribution in [3.05, 3.63) is 30.9 Å². The van der Waals surface area contributed by atoms with Gasteiger partial charge in [0.25, 0.3) is 0 Å². The van der Waals surface area contributed by atoms with Gasteiger partial charge < -0.3 is 20.4 Å². The van der Waals surface area contributed by atoms with Gasteiger partial charge >= 0.3 is 0 Å². The van der Waals surface area contributed by atoms with Crippen LogP contribution in [0.5, 0.6) is 5.88 Å². The van der Waals surface area contributed by atoms with E-state index in [4.69, 9.17) is 10.5 Å². The fraction of sp³-hybridized carbons (Fsp3) is 0.429. The molecule has 2 heterocycles. The molecule has 0 aromatic carbocycles. The molecule has 0 saturated carbocycles. The lowest BCUT2D eigenvalue weighted by Crippen LogP contribution is -2.24. The van der Waals surface area contributed by atoms with Crippen LogP contribution in [0.1, 0.15) is 20.8 Å². The molecule has 2 aromatic rings. The van der Waals surface area contributed by atoms with Crippen LogP contribution in [0.4, 0.5) is 11.5 Å². The van der Waals surface area contributed by atoms with E-state index in [-0.39, 0.29) is 5.60 Å². The highest BCUT2D eigenvalue weighted by atomic mass is 16.5. The normalized spacial score (nSPS) is 11.3. The van der Waals surface area contributed by atoms with Crippen molar-refractivity contribution >= 4 is 11.5 Å². The van der Waals surface area contributed by atoms with E-state index in [2.05, 4.69) is 15.3 Å². The summed E-state index contributed by atoms with van der Waals surface area (Å²) in [7, 11) is 0. The molecule has 0 aliphatic heterocycles. The number of nitrogens with two attached hydrogens (primary N) is 1.